The Morgan fingerprint density at radius 2 is 1.64 bits per heavy atom. The minimum Gasteiger partial charge on any atom is -0.453 e. The maximum absolute atomic E-state index is 12.0. The topological polar surface area (TPSA) is 98.2 Å². The first kappa shape index (κ1) is 20.2. The van der Waals surface area contributed by atoms with Crippen molar-refractivity contribution >= 4 is 23.6 Å². The summed E-state index contributed by atoms with van der Waals surface area (Å²) in [6.45, 7) is -0.254. The molecular weight excluding hydrogens is 347 g/mol. The molecule has 0 bridgehead atoms. The highest BCUT2D eigenvalue weighted by Gasteiger charge is 2.31. The number of hydrogen-bond acceptors (Lipinski definition) is 5. The Labute approximate surface area is 140 Å². The van der Waals surface area contributed by atoms with Crippen molar-refractivity contribution in [3.63, 3.8) is 0 Å². The minimum absolute atomic E-state index is 0.102. The third-order valence-electron chi connectivity index (χ3n) is 2.72. The summed E-state index contributed by atoms with van der Waals surface area (Å²) >= 11 is 0. The summed E-state index contributed by atoms with van der Waals surface area (Å²) in [5.41, 5.74) is 0.270. The number of likely N-dealkylation sites (N-methyl/N-ethyl adjacent to an activating group) is 1. The number of methoxy groups -OCH3 is 1. The molecule has 1 atom stereocenters. The summed E-state index contributed by atoms with van der Waals surface area (Å²) in [4.78, 5) is 34.6. The fourth-order valence-corrected chi connectivity index (χ4v) is 1.76. The summed E-state index contributed by atoms with van der Waals surface area (Å²) in [5.74, 6) is -1.49. The SMILES string of the molecule is COC(=O)NC(=O)C[NH+](C)CC(=O)Nc1ccc(OC(F)(F)F)cc1. The van der Waals surface area contributed by atoms with Crippen LogP contribution in [0.5, 0.6) is 5.75 Å². The average molecular weight is 364 g/mol. The van der Waals surface area contributed by atoms with E-state index in [4.69, 9.17) is 0 Å². The molecule has 11 heteroatoms. The summed E-state index contributed by atoms with van der Waals surface area (Å²) in [5, 5.41) is 4.42. The van der Waals surface area contributed by atoms with Gasteiger partial charge in [0.05, 0.1) is 14.2 Å². The molecule has 0 saturated heterocycles. The zero-order valence-electron chi connectivity index (χ0n) is 13.4. The standard InChI is InChI=1S/C14H16F3N3O5/c1-20(8-12(22)19-13(23)24-2)7-11(21)18-9-3-5-10(6-4-9)25-14(15,16)17/h3-6H,7-8H2,1-2H3,(H,18,21)(H,19,22,23)/p+1. The highest BCUT2D eigenvalue weighted by atomic mass is 19.4. The zero-order chi connectivity index (χ0) is 19.0. The summed E-state index contributed by atoms with van der Waals surface area (Å²) in [7, 11) is 2.66. The number of alkyl halides is 3. The second kappa shape index (κ2) is 8.87. The van der Waals surface area contributed by atoms with E-state index in [1.807, 2.05) is 5.32 Å². The Kier molecular flexibility index (Phi) is 7.18. The molecule has 0 fully saturated rings. The van der Waals surface area contributed by atoms with Gasteiger partial charge in [-0.2, -0.15) is 0 Å². The number of quaternary nitrogens is 1. The molecule has 8 nitrogen and oxygen atoms in total. The van der Waals surface area contributed by atoms with Crippen LogP contribution < -0.4 is 20.3 Å². The molecule has 1 aromatic rings. The molecule has 0 aliphatic carbocycles. The molecule has 0 aromatic heterocycles. The van der Waals surface area contributed by atoms with Crippen LogP contribution in [-0.4, -0.2) is 51.5 Å². The molecule has 0 radical (unpaired) electrons. The molecule has 1 unspecified atom stereocenters. The van der Waals surface area contributed by atoms with Gasteiger partial charge >= 0.3 is 12.5 Å². The first-order valence-corrected chi connectivity index (χ1v) is 6.94. The van der Waals surface area contributed by atoms with Gasteiger partial charge in [-0.1, -0.05) is 0 Å². The lowest BCUT2D eigenvalue weighted by Gasteiger charge is -2.13. The Hall–Kier alpha value is -2.82. The highest BCUT2D eigenvalue weighted by Crippen LogP contribution is 2.23. The number of anilines is 1. The van der Waals surface area contributed by atoms with Crippen molar-refractivity contribution in [3.05, 3.63) is 24.3 Å². The third-order valence-corrected chi connectivity index (χ3v) is 2.72. The van der Waals surface area contributed by atoms with Crippen LogP contribution in [0.3, 0.4) is 0 Å². The molecule has 3 amide bonds. The number of nitrogens with one attached hydrogen (secondary N) is 3. The molecule has 1 rings (SSSR count). The van der Waals surface area contributed by atoms with Gasteiger partial charge in [0.2, 0.25) is 0 Å². The van der Waals surface area contributed by atoms with E-state index in [0.29, 0.717) is 4.90 Å². The van der Waals surface area contributed by atoms with Gasteiger partial charge in [0.1, 0.15) is 5.75 Å². The zero-order valence-corrected chi connectivity index (χ0v) is 13.4. The van der Waals surface area contributed by atoms with Crippen LogP contribution in [0.4, 0.5) is 23.7 Å². The number of benzene rings is 1. The van der Waals surface area contributed by atoms with Gasteiger partial charge in [-0.25, -0.2) is 4.79 Å². The monoisotopic (exact) mass is 364 g/mol. The third kappa shape index (κ3) is 8.55. The van der Waals surface area contributed by atoms with Gasteiger partial charge in [-0.05, 0) is 24.3 Å². The van der Waals surface area contributed by atoms with E-state index in [9.17, 15) is 27.6 Å². The van der Waals surface area contributed by atoms with Gasteiger partial charge in [0, 0.05) is 5.69 Å². The molecule has 0 spiro atoms. The molecule has 0 heterocycles. The van der Waals surface area contributed by atoms with Crippen molar-refractivity contribution in [3.8, 4) is 5.75 Å². The lowest BCUT2D eigenvalue weighted by Crippen LogP contribution is -3.11. The van der Waals surface area contributed by atoms with Crippen LogP contribution in [0.15, 0.2) is 24.3 Å². The molecular formula is C14H17F3N3O5+. The maximum atomic E-state index is 12.0. The fourth-order valence-electron chi connectivity index (χ4n) is 1.76. The van der Waals surface area contributed by atoms with Crippen LogP contribution >= 0.6 is 0 Å². The first-order chi connectivity index (χ1) is 11.6. The molecule has 0 aliphatic heterocycles. The second-order valence-corrected chi connectivity index (χ2v) is 4.97. The van der Waals surface area contributed by atoms with Crippen molar-refractivity contribution < 1.29 is 41.9 Å². The van der Waals surface area contributed by atoms with Gasteiger partial charge in [0.25, 0.3) is 11.8 Å². The number of alkyl carbamates (subject to hydrolysis) is 1. The smallest absolute Gasteiger partial charge is 0.453 e. The molecule has 1 aromatic carbocycles. The van der Waals surface area contributed by atoms with Crippen molar-refractivity contribution in [1.29, 1.82) is 0 Å². The molecule has 0 saturated carbocycles. The van der Waals surface area contributed by atoms with E-state index in [1.54, 1.807) is 7.05 Å². The highest BCUT2D eigenvalue weighted by molar-refractivity contribution is 5.93. The summed E-state index contributed by atoms with van der Waals surface area (Å²) in [6.07, 6.45) is -5.69. The van der Waals surface area contributed by atoms with Crippen LogP contribution in [0.2, 0.25) is 0 Å². The average Bonchev–Trinajstić information content (AvgIpc) is 2.47. The largest absolute Gasteiger partial charge is 0.573 e. The number of carbonyl (C=O) groups excluding carboxylic acids is 3. The number of hydrogen-bond donors (Lipinski definition) is 3. The van der Waals surface area contributed by atoms with Crippen LogP contribution in [0.1, 0.15) is 0 Å². The van der Waals surface area contributed by atoms with E-state index < -0.39 is 30.0 Å². The Morgan fingerprint density at radius 1 is 1.08 bits per heavy atom. The van der Waals surface area contributed by atoms with E-state index >= 15 is 0 Å². The Balaban J connectivity index is 2.45. The number of carbonyl (C=O) groups is 3. The number of rotatable bonds is 6. The molecule has 25 heavy (non-hydrogen) atoms. The van der Waals surface area contributed by atoms with E-state index in [1.165, 1.54) is 12.1 Å². The second-order valence-electron chi connectivity index (χ2n) is 4.97. The lowest BCUT2D eigenvalue weighted by molar-refractivity contribution is -0.862. The van der Waals surface area contributed by atoms with Crippen LogP contribution in [0, 0.1) is 0 Å². The molecule has 138 valence electrons. The predicted molar refractivity (Wildman–Crippen MR) is 78.9 cm³/mol. The molecule has 0 aliphatic rings. The van der Waals surface area contributed by atoms with Crippen LogP contribution in [-0.2, 0) is 14.3 Å². The Bertz CT molecular complexity index is 619. The first-order valence-electron chi connectivity index (χ1n) is 6.94. The van der Waals surface area contributed by atoms with Crippen molar-refractivity contribution in [1.82, 2.24) is 5.32 Å². The number of halogens is 3. The van der Waals surface area contributed by atoms with Crippen molar-refractivity contribution in [2.45, 2.75) is 6.36 Å². The van der Waals surface area contributed by atoms with Gasteiger partial charge < -0.3 is 19.7 Å². The maximum Gasteiger partial charge on any atom is 0.573 e. The van der Waals surface area contributed by atoms with E-state index in [2.05, 4.69) is 14.8 Å². The van der Waals surface area contributed by atoms with Crippen molar-refractivity contribution in [2.24, 2.45) is 0 Å². The van der Waals surface area contributed by atoms with Crippen LogP contribution in [0.25, 0.3) is 0 Å². The van der Waals surface area contributed by atoms with E-state index in [0.717, 1.165) is 19.2 Å². The van der Waals surface area contributed by atoms with Gasteiger partial charge in [-0.3, -0.25) is 14.9 Å². The minimum atomic E-state index is -4.79. The summed E-state index contributed by atoms with van der Waals surface area (Å²) in [6, 6.07) is 4.61. The predicted octanol–water partition coefficient (Wildman–Crippen LogP) is -0.0790. The van der Waals surface area contributed by atoms with E-state index in [-0.39, 0.29) is 18.8 Å². The van der Waals surface area contributed by atoms with Gasteiger partial charge in [0.15, 0.2) is 13.1 Å². The quantitative estimate of drug-likeness (QED) is 0.656. The van der Waals surface area contributed by atoms with Gasteiger partial charge in [-0.15, -0.1) is 13.2 Å². The fraction of sp³-hybridized carbons (Fsp3) is 0.357. The molecule has 3 N–H and O–H groups in total. The Morgan fingerprint density at radius 3 is 2.16 bits per heavy atom. The summed E-state index contributed by atoms with van der Waals surface area (Å²) < 4.78 is 44.1. The normalized spacial score (nSPS) is 12.0. The lowest BCUT2D eigenvalue weighted by atomic mass is 10.3. The number of imide groups is 1. The number of ether oxygens (including phenoxy) is 2. The number of amides is 3. The van der Waals surface area contributed by atoms with Crippen molar-refractivity contribution in [2.75, 3.05) is 32.6 Å².